The molecule has 0 amide bonds. The molecule has 0 aliphatic heterocycles. The quantitative estimate of drug-likeness (QED) is 0.367. The van der Waals surface area contributed by atoms with E-state index in [1.165, 1.54) is 33.5 Å². The molecule has 0 fully saturated rings. The van der Waals surface area contributed by atoms with Gasteiger partial charge in [-0.25, -0.2) is 8.42 Å². The molecule has 1 N–H and O–H groups in total. The summed E-state index contributed by atoms with van der Waals surface area (Å²) < 4.78 is 60.8. The summed E-state index contributed by atoms with van der Waals surface area (Å²) in [5, 5.41) is 0. The minimum Gasteiger partial charge on any atom is -0.493 e. The second-order valence-corrected chi connectivity index (χ2v) is 9.07. The monoisotopic (exact) mass is 515 g/mol. The van der Waals surface area contributed by atoms with Crippen LogP contribution in [-0.4, -0.2) is 51.1 Å². The number of hydrogen-bond donors (Lipinski definition) is 1. The number of ether oxygens (including phenoxy) is 6. The van der Waals surface area contributed by atoms with Gasteiger partial charge in [0.15, 0.2) is 23.0 Å². The molecule has 0 aromatic heterocycles. The maximum atomic E-state index is 13.1. The number of benzene rings is 3. The van der Waals surface area contributed by atoms with Crippen LogP contribution >= 0.6 is 0 Å². The lowest BCUT2D eigenvalue weighted by Crippen LogP contribution is -2.13. The molecule has 0 unspecified atom stereocenters. The Morgan fingerprint density at radius 3 is 1.56 bits per heavy atom. The number of anilines is 1. The molecule has 36 heavy (non-hydrogen) atoms. The largest absolute Gasteiger partial charge is 0.493 e. The van der Waals surface area contributed by atoms with Crippen molar-refractivity contribution < 1.29 is 36.8 Å². The second kappa shape index (κ2) is 11.6. The first kappa shape index (κ1) is 26.6. The first-order chi connectivity index (χ1) is 17.3. The zero-order valence-corrected chi connectivity index (χ0v) is 21.8. The number of methoxy groups -OCH3 is 6. The third kappa shape index (κ3) is 5.77. The van der Waals surface area contributed by atoms with Crippen molar-refractivity contribution in [1.29, 1.82) is 0 Å². The Morgan fingerprint density at radius 2 is 1.08 bits per heavy atom. The van der Waals surface area contributed by atoms with Crippen LogP contribution in [0.3, 0.4) is 0 Å². The Balaban J connectivity index is 1.89. The van der Waals surface area contributed by atoms with Gasteiger partial charge in [-0.3, -0.25) is 4.72 Å². The summed E-state index contributed by atoms with van der Waals surface area (Å²) in [5.41, 5.74) is 1.97. The zero-order chi connectivity index (χ0) is 26.3. The molecule has 0 aliphatic carbocycles. The summed E-state index contributed by atoms with van der Waals surface area (Å²) >= 11 is 0. The van der Waals surface area contributed by atoms with E-state index in [1.807, 2.05) is 30.4 Å². The van der Waals surface area contributed by atoms with E-state index >= 15 is 0 Å². The Bertz CT molecular complexity index is 1300. The van der Waals surface area contributed by atoms with E-state index in [-0.39, 0.29) is 16.4 Å². The first-order valence-corrected chi connectivity index (χ1v) is 12.2. The van der Waals surface area contributed by atoms with Gasteiger partial charge in [0.2, 0.25) is 11.5 Å². The Kier molecular flexibility index (Phi) is 8.55. The highest BCUT2D eigenvalue weighted by molar-refractivity contribution is 7.92. The van der Waals surface area contributed by atoms with Gasteiger partial charge in [-0.05, 0) is 35.4 Å². The molecule has 9 nitrogen and oxygen atoms in total. The average molecular weight is 516 g/mol. The fraction of sp³-hybridized carbons (Fsp3) is 0.231. The Hall–Kier alpha value is -4.05. The summed E-state index contributed by atoms with van der Waals surface area (Å²) in [6, 6.07) is 13.4. The number of hydrogen-bond acceptors (Lipinski definition) is 8. The van der Waals surface area contributed by atoms with Gasteiger partial charge in [0.05, 0.1) is 47.6 Å². The van der Waals surface area contributed by atoms with Crippen LogP contribution in [0.2, 0.25) is 0 Å². The Morgan fingerprint density at radius 1 is 0.611 bits per heavy atom. The van der Waals surface area contributed by atoms with Crippen LogP contribution in [0.25, 0.3) is 12.2 Å². The molecule has 0 radical (unpaired) electrons. The molecular weight excluding hydrogens is 486 g/mol. The van der Waals surface area contributed by atoms with E-state index in [0.717, 1.165) is 11.1 Å². The van der Waals surface area contributed by atoms with Crippen LogP contribution in [0.4, 0.5) is 5.69 Å². The minimum absolute atomic E-state index is 0.0321. The molecule has 0 atom stereocenters. The lowest BCUT2D eigenvalue weighted by Gasteiger charge is -2.15. The van der Waals surface area contributed by atoms with Crippen LogP contribution in [0.15, 0.2) is 53.4 Å². The SMILES string of the molecule is COc1cc(C=Cc2cccc(NS(=O)(=O)c3cc(OC)c(OC)c(OC)c3)c2)cc(OC)c1OC. The molecule has 0 saturated heterocycles. The topological polar surface area (TPSA) is 102 Å². The van der Waals surface area contributed by atoms with Gasteiger partial charge in [0.25, 0.3) is 10.0 Å². The molecule has 3 aromatic carbocycles. The van der Waals surface area contributed by atoms with E-state index in [0.29, 0.717) is 28.7 Å². The first-order valence-electron chi connectivity index (χ1n) is 10.7. The molecular formula is C26H29NO8S. The second-order valence-electron chi connectivity index (χ2n) is 7.38. The fourth-order valence-electron chi connectivity index (χ4n) is 3.52. The van der Waals surface area contributed by atoms with Gasteiger partial charge in [-0.1, -0.05) is 24.3 Å². The summed E-state index contributed by atoms with van der Waals surface area (Å²) in [7, 11) is 4.98. The number of nitrogens with one attached hydrogen (secondary N) is 1. The van der Waals surface area contributed by atoms with Crippen LogP contribution in [0, 0.1) is 0 Å². The highest BCUT2D eigenvalue weighted by Crippen LogP contribution is 2.40. The third-order valence-electron chi connectivity index (χ3n) is 5.24. The van der Waals surface area contributed by atoms with Gasteiger partial charge in [-0.2, -0.15) is 0 Å². The van der Waals surface area contributed by atoms with E-state index in [2.05, 4.69) is 4.72 Å². The van der Waals surface area contributed by atoms with E-state index in [1.54, 1.807) is 39.5 Å². The minimum atomic E-state index is -3.95. The maximum Gasteiger partial charge on any atom is 0.262 e. The van der Waals surface area contributed by atoms with Crippen LogP contribution < -0.4 is 33.1 Å². The van der Waals surface area contributed by atoms with Crippen LogP contribution in [0.5, 0.6) is 34.5 Å². The fourth-order valence-corrected chi connectivity index (χ4v) is 4.60. The highest BCUT2D eigenvalue weighted by Gasteiger charge is 2.21. The van der Waals surface area contributed by atoms with Crippen molar-refractivity contribution in [3.8, 4) is 34.5 Å². The van der Waals surface area contributed by atoms with Gasteiger partial charge < -0.3 is 28.4 Å². The maximum absolute atomic E-state index is 13.1. The van der Waals surface area contributed by atoms with Gasteiger partial charge in [-0.15, -0.1) is 0 Å². The molecule has 0 spiro atoms. The van der Waals surface area contributed by atoms with Crippen LogP contribution in [0.1, 0.15) is 11.1 Å². The lowest BCUT2D eigenvalue weighted by atomic mass is 10.1. The Labute approximate surface area is 211 Å². The lowest BCUT2D eigenvalue weighted by molar-refractivity contribution is 0.323. The zero-order valence-electron chi connectivity index (χ0n) is 20.9. The summed E-state index contributed by atoms with van der Waals surface area (Å²) in [6.07, 6.45) is 3.70. The molecule has 3 rings (SSSR count). The molecule has 0 bridgehead atoms. The average Bonchev–Trinajstić information content (AvgIpc) is 2.90. The van der Waals surface area contributed by atoms with Crippen molar-refractivity contribution in [2.45, 2.75) is 4.90 Å². The van der Waals surface area contributed by atoms with Crippen molar-refractivity contribution in [1.82, 2.24) is 0 Å². The highest BCUT2D eigenvalue weighted by atomic mass is 32.2. The molecule has 0 aliphatic rings. The standard InChI is InChI=1S/C26H29NO8S/c1-30-21-13-18(14-22(31-2)25(21)34-5)11-10-17-8-7-9-19(12-17)27-36(28,29)20-15-23(32-3)26(35-6)24(16-20)33-4/h7-16,27H,1-6H3. The van der Waals surface area contributed by atoms with Gasteiger partial charge >= 0.3 is 0 Å². The van der Waals surface area contributed by atoms with Crippen molar-refractivity contribution in [3.05, 3.63) is 59.7 Å². The van der Waals surface area contributed by atoms with Crippen molar-refractivity contribution in [3.63, 3.8) is 0 Å². The molecule has 10 heteroatoms. The van der Waals surface area contributed by atoms with Crippen molar-refractivity contribution >= 4 is 27.9 Å². The van der Waals surface area contributed by atoms with E-state index in [4.69, 9.17) is 28.4 Å². The van der Waals surface area contributed by atoms with Crippen molar-refractivity contribution in [2.24, 2.45) is 0 Å². The van der Waals surface area contributed by atoms with Crippen molar-refractivity contribution in [2.75, 3.05) is 47.4 Å². The van der Waals surface area contributed by atoms with Gasteiger partial charge in [0, 0.05) is 17.8 Å². The predicted molar refractivity (Wildman–Crippen MR) is 138 cm³/mol. The smallest absolute Gasteiger partial charge is 0.262 e. The number of rotatable bonds is 11. The molecule has 3 aromatic rings. The summed E-state index contributed by atoms with van der Waals surface area (Å²) in [5.74, 6) is 2.34. The normalized spacial score (nSPS) is 11.2. The molecule has 0 saturated carbocycles. The predicted octanol–water partition coefficient (Wildman–Crippen LogP) is 4.71. The molecule has 0 heterocycles. The van der Waals surface area contributed by atoms with Gasteiger partial charge in [0.1, 0.15) is 0 Å². The van der Waals surface area contributed by atoms with E-state index in [9.17, 15) is 8.42 Å². The third-order valence-corrected chi connectivity index (χ3v) is 6.60. The molecule has 192 valence electrons. The number of sulfonamides is 1. The van der Waals surface area contributed by atoms with Crippen LogP contribution in [-0.2, 0) is 10.0 Å². The van der Waals surface area contributed by atoms with E-state index < -0.39 is 10.0 Å². The summed E-state index contributed by atoms with van der Waals surface area (Å²) in [4.78, 5) is -0.0321. The summed E-state index contributed by atoms with van der Waals surface area (Å²) in [6.45, 7) is 0.